The van der Waals surface area contributed by atoms with Crippen LogP contribution in [0.2, 0.25) is 0 Å². The van der Waals surface area contributed by atoms with Crippen molar-refractivity contribution in [3.8, 4) is 0 Å². The van der Waals surface area contributed by atoms with Crippen LogP contribution in [0.3, 0.4) is 0 Å². The van der Waals surface area contributed by atoms with E-state index in [2.05, 4.69) is 11.9 Å². The number of piperidine rings is 1. The largest absolute Gasteiger partial charge is 0.352 e. The Hall–Kier alpha value is -1.16. The van der Waals surface area contributed by atoms with Crippen LogP contribution in [0.4, 0.5) is 0 Å². The molecule has 0 spiro atoms. The summed E-state index contributed by atoms with van der Waals surface area (Å²) in [6.45, 7) is 7.87. The molecule has 0 bridgehead atoms. The molecule has 16 heavy (non-hydrogen) atoms. The molecule has 1 fully saturated rings. The maximum absolute atomic E-state index is 11.5. The maximum atomic E-state index is 11.5. The van der Waals surface area contributed by atoms with Gasteiger partial charge < -0.3 is 5.32 Å². The summed E-state index contributed by atoms with van der Waals surface area (Å²) in [6.07, 6.45) is 3.10. The van der Waals surface area contributed by atoms with Crippen molar-refractivity contribution in [3.05, 3.63) is 12.7 Å². The lowest BCUT2D eigenvalue weighted by atomic mass is 9.94. The van der Waals surface area contributed by atoms with Crippen molar-refractivity contribution in [2.75, 3.05) is 26.2 Å². The van der Waals surface area contributed by atoms with Crippen molar-refractivity contribution in [3.63, 3.8) is 0 Å². The third-order valence-corrected chi connectivity index (χ3v) is 2.91. The minimum absolute atomic E-state index is 0.00380. The fourth-order valence-corrected chi connectivity index (χ4v) is 1.92. The predicted molar refractivity (Wildman–Crippen MR) is 63.1 cm³/mol. The molecule has 90 valence electrons. The van der Waals surface area contributed by atoms with Crippen LogP contribution in [0.25, 0.3) is 0 Å². The Balaban J connectivity index is 2.35. The Bertz CT molecular complexity index is 276. The summed E-state index contributed by atoms with van der Waals surface area (Å²) < 4.78 is 0. The lowest BCUT2D eigenvalue weighted by molar-refractivity contribution is -0.129. The van der Waals surface area contributed by atoms with Gasteiger partial charge in [-0.3, -0.25) is 14.5 Å². The summed E-state index contributed by atoms with van der Waals surface area (Å²) in [4.78, 5) is 25.0. The molecule has 1 atom stereocenters. The molecule has 1 aliphatic heterocycles. The number of Topliss-reactive ketones (excluding diaryl/α,β-unsaturated/α-hetero) is 1. The zero-order chi connectivity index (χ0) is 12.0. The highest BCUT2D eigenvalue weighted by atomic mass is 16.2. The number of carbonyl (C=O) groups is 2. The number of nitrogens with zero attached hydrogens (tertiary/aromatic N) is 1. The van der Waals surface area contributed by atoms with Gasteiger partial charge in [-0.25, -0.2) is 0 Å². The van der Waals surface area contributed by atoms with Gasteiger partial charge in [0, 0.05) is 32.0 Å². The first-order valence-corrected chi connectivity index (χ1v) is 5.80. The second kappa shape index (κ2) is 6.43. The number of carbonyl (C=O) groups excluding carboxylic acids is 2. The van der Waals surface area contributed by atoms with E-state index in [1.165, 1.54) is 0 Å². The first kappa shape index (κ1) is 12.9. The van der Waals surface area contributed by atoms with Gasteiger partial charge >= 0.3 is 0 Å². The molecule has 1 N–H and O–H groups in total. The van der Waals surface area contributed by atoms with E-state index in [4.69, 9.17) is 0 Å². The van der Waals surface area contributed by atoms with E-state index in [0.717, 1.165) is 13.0 Å². The van der Waals surface area contributed by atoms with Gasteiger partial charge in [0.25, 0.3) is 0 Å². The van der Waals surface area contributed by atoms with Gasteiger partial charge in [0.05, 0.1) is 6.54 Å². The van der Waals surface area contributed by atoms with Crippen molar-refractivity contribution in [1.82, 2.24) is 10.2 Å². The van der Waals surface area contributed by atoms with Crippen molar-refractivity contribution in [2.24, 2.45) is 5.92 Å². The van der Waals surface area contributed by atoms with Crippen LogP contribution in [-0.2, 0) is 9.59 Å². The molecular weight excluding hydrogens is 204 g/mol. The number of likely N-dealkylation sites (tertiary alicyclic amines) is 1. The molecule has 0 aliphatic carbocycles. The van der Waals surface area contributed by atoms with Crippen LogP contribution in [-0.4, -0.2) is 42.8 Å². The molecule has 0 radical (unpaired) electrons. The zero-order valence-electron chi connectivity index (χ0n) is 9.87. The van der Waals surface area contributed by atoms with Crippen LogP contribution in [0.1, 0.15) is 19.8 Å². The molecule has 0 aromatic rings. The summed E-state index contributed by atoms with van der Waals surface area (Å²) in [5.74, 6) is 0.454. The molecule has 0 saturated carbocycles. The molecule has 4 nitrogen and oxygen atoms in total. The van der Waals surface area contributed by atoms with E-state index < -0.39 is 0 Å². The lowest BCUT2D eigenvalue weighted by Gasteiger charge is -2.30. The zero-order valence-corrected chi connectivity index (χ0v) is 9.87. The minimum atomic E-state index is 0.00380. The van der Waals surface area contributed by atoms with Crippen molar-refractivity contribution < 1.29 is 9.59 Å². The van der Waals surface area contributed by atoms with E-state index in [0.29, 0.717) is 31.8 Å². The Morgan fingerprint density at radius 2 is 2.44 bits per heavy atom. The lowest BCUT2D eigenvalue weighted by Crippen LogP contribution is -2.45. The van der Waals surface area contributed by atoms with Crippen molar-refractivity contribution >= 4 is 11.7 Å². The molecule has 1 unspecified atom stereocenters. The molecule has 1 rings (SSSR count). The first-order chi connectivity index (χ1) is 7.67. The van der Waals surface area contributed by atoms with Crippen LogP contribution >= 0.6 is 0 Å². The Morgan fingerprint density at radius 3 is 3.06 bits per heavy atom. The van der Waals surface area contributed by atoms with E-state index in [1.54, 1.807) is 6.08 Å². The summed E-state index contributed by atoms with van der Waals surface area (Å²) in [6, 6.07) is 0. The fourth-order valence-electron chi connectivity index (χ4n) is 1.92. The van der Waals surface area contributed by atoms with Crippen molar-refractivity contribution in [1.29, 1.82) is 0 Å². The highest BCUT2D eigenvalue weighted by molar-refractivity contribution is 5.83. The smallest absolute Gasteiger partial charge is 0.234 e. The predicted octanol–water partition coefficient (Wildman–Crippen LogP) is 0.590. The fraction of sp³-hybridized carbons (Fsp3) is 0.667. The SMILES string of the molecule is C=CCNC(=O)CN1CCC(=O)C(CC)C1. The molecular formula is C12H20N2O2. The monoisotopic (exact) mass is 224 g/mol. The average molecular weight is 224 g/mol. The van der Waals surface area contributed by atoms with Crippen LogP contribution in [0, 0.1) is 5.92 Å². The van der Waals surface area contributed by atoms with E-state index in [1.807, 2.05) is 11.8 Å². The van der Waals surface area contributed by atoms with Gasteiger partial charge in [-0.05, 0) is 6.42 Å². The second-order valence-electron chi connectivity index (χ2n) is 4.15. The summed E-state index contributed by atoms with van der Waals surface area (Å²) in [5.41, 5.74) is 0. The molecule has 0 aromatic carbocycles. The van der Waals surface area contributed by atoms with E-state index >= 15 is 0 Å². The van der Waals surface area contributed by atoms with Gasteiger partial charge in [0.2, 0.25) is 5.91 Å². The Kier molecular flexibility index (Phi) is 5.19. The summed E-state index contributed by atoms with van der Waals surface area (Å²) >= 11 is 0. The topological polar surface area (TPSA) is 49.4 Å². The first-order valence-electron chi connectivity index (χ1n) is 5.80. The quantitative estimate of drug-likeness (QED) is 0.695. The highest BCUT2D eigenvalue weighted by Crippen LogP contribution is 2.15. The third-order valence-electron chi connectivity index (χ3n) is 2.91. The Labute approximate surface area is 96.7 Å². The standard InChI is InChI=1S/C12H20N2O2/c1-3-6-13-12(16)9-14-7-5-11(15)10(4-2)8-14/h3,10H,1,4-9H2,2H3,(H,13,16). The normalized spacial score (nSPS) is 21.8. The number of rotatable bonds is 5. The molecule has 1 amide bonds. The molecule has 1 aliphatic rings. The maximum Gasteiger partial charge on any atom is 0.234 e. The molecule has 4 heteroatoms. The highest BCUT2D eigenvalue weighted by Gasteiger charge is 2.26. The van der Waals surface area contributed by atoms with Gasteiger partial charge in [-0.2, -0.15) is 0 Å². The number of hydrogen-bond donors (Lipinski definition) is 1. The number of hydrogen-bond acceptors (Lipinski definition) is 3. The molecule has 1 saturated heterocycles. The van der Waals surface area contributed by atoms with Gasteiger partial charge in [-0.15, -0.1) is 6.58 Å². The van der Waals surface area contributed by atoms with Gasteiger partial charge in [0.1, 0.15) is 5.78 Å². The van der Waals surface area contributed by atoms with E-state index in [9.17, 15) is 9.59 Å². The van der Waals surface area contributed by atoms with Crippen LogP contribution in [0.5, 0.6) is 0 Å². The van der Waals surface area contributed by atoms with Gasteiger partial charge in [-0.1, -0.05) is 13.0 Å². The number of ketones is 1. The summed E-state index contributed by atoms with van der Waals surface area (Å²) in [5, 5.41) is 2.74. The Morgan fingerprint density at radius 1 is 1.69 bits per heavy atom. The second-order valence-corrected chi connectivity index (χ2v) is 4.15. The van der Waals surface area contributed by atoms with Gasteiger partial charge in [0.15, 0.2) is 0 Å². The number of amides is 1. The van der Waals surface area contributed by atoms with E-state index in [-0.39, 0.29) is 11.8 Å². The van der Waals surface area contributed by atoms with Crippen LogP contribution in [0.15, 0.2) is 12.7 Å². The third kappa shape index (κ3) is 3.77. The van der Waals surface area contributed by atoms with Crippen LogP contribution < -0.4 is 5.32 Å². The number of nitrogens with one attached hydrogen (secondary N) is 1. The summed E-state index contributed by atoms with van der Waals surface area (Å²) in [7, 11) is 0. The average Bonchev–Trinajstić information content (AvgIpc) is 2.29. The molecule has 1 heterocycles. The minimum Gasteiger partial charge on any atom is -0.352 e. The van der Waals surface area contributed by atoms with Crippen molar-refractivity contribution in [2.45, 2.75) is 19.8 Å². The molecule has 0 aromatic heterocycles.